The fourth-order valence-corrected chi connectivity index (χ4v) is 2.64. The van der Waals surface area contributed by atoms with Gasteiger partial charge in [0.05, 0.1) is 21.8 Å². The second kappa shape index (κ2) is 7.34. The lowest BCUT2D eigenvalue weighted by Gasteiger charge is -2.15. The van der Waals surface area contributed by atoms with E-state index in [0.717, 1.165) is 12.1 Å². The minimum absolute atomic E-state index is 0.0326. The number of nitrogens with one attached hydrogen (secondary N) is 1. The summed E-state index contributed by atoms with van der Waals surface area (Å²) in [6.45, 7) is 0.264. The van der Waals surface area contributed by atoms with Crippen LogP contribution in [0.25, 0.3) is 5.69 Å². The average Bonchev–Trinajstić information content (AvgIpc) is 2.89. The van der Waals surface area contributed by atoms with Gasteiger partial charge in [0.15, 0.2) is 0 Å². The molecule has 0 aliphatic rings. The highest BCUT2D eigenvalue weighted by Crippen LogP contribution is 2.38. The lowest BCUT2D eigenvalue weighted by molar-refractivity contribution is -0.137. The van der Waals surface area contributed by atoms with Crippen molar-refractivity contribution in [2.45, 2.75) is 6.18 Å². The Bertz CT molecular complexity index is 799. The molecule has 1 aromatic carbocycles. The quantitative estimate of drug-likeness (QED) is 0.771. The number of halogens is 6. The molecule has 1 aromatic heterocycles. The molecule has 0 radical (unpaired) electrons. The molecule has 126 valence electrons. The number of nitrogens with zero attached hydrogens (tertiary/aromatic N) is 3. The van der Waals surface area contributed by atoms with Crippen molar-refractivity contribution in [3.8, 4) is 11.8 Å². The van der Waals surface area contributed by atoms with E-state index in [4.69, 9.17) is 40.1 Å². The SMILES string of the molecule is N#Cc1cnn(-c2c(Cl)cc(C(F)(F)F)cc2Cl)c1NC/C=C/Cl. The summed E-state index contributed by atoms with van der Waals surface area (Å²) in [5, 5.41) is 15.5. The van der Waals surface area contributed by atoms with E-state index in [2.05, 4.69) is 10.4 Å². The van der Waals surface area contributed by atoms with Crippen molar-refractivity contribution in [3.63, 3.8) is 0 Å². The fourth-order valence-electron chi connectivity index (χ4n) is 1.90. The highest BCUT2D eigenvalue weighted by molar-refractivity contribution is 6.38. The van der Waals surface area contributed by atoms with E-state index in [1.807, 2.05) is 6.07 Å². The van der Waals surface area contributed by atoms with E-state index in [1.165, 1.54) is 16.4 Å². The van der Waals surface area contributed by atoms with Crippen LogP contribution < -0.4 is 5.32 Å². The highest BCUT2D eigenvalue weighted by atomic mass is 35.5. The van der Waals surface area contributed by atoms with Gasteiger partial charge in [-0.25, -0.2) is 4.68 Å². The van der Waals surface area contributed by atoms with Crippen molar-refractivity contribution in [2.75, 3.05) is 11.9 Å². The predicted molar refractivity (Wildman–Crippen MR) is 86.8 cm³/mol. The van der Waals surface area contributed by atoms with Crippen molar-refractivity contribution < 1.29 is 13.2 Å². The zero-order valence-electron chi connectivity index (χ0n) is 11.7. The number of anilines is 1. The van der Waals surface area contributed by atoms with Crippen molar-refractivity contribution >= 4 is 40.6 Å². The van der Waals surface area contributed by atoms with Crippen LogP contribution >= 0.6 is 34.8 Å². The maximum absolute atomic E-state index is 12.8. The van der Waals surface area contributed by atoms with E-state index >= 15 is 0 Å². The summed E-state index contributed by atoms with van der Waals surface area (Å²) >= 11 is 17.4. The molecular weight excluding hydrogens is 388 g/mol. The Labute approximate surface area is 150 Å². The lowest BCUT2D eigenvalue weighted by Crippen LogP contribution is -2.10. The summed E-state index contributed by atoms with van der Waals surface area (Å²) in [5.74, 6) is 0.232. The lowest BCUT2D eigenvalue weighted by atomic mass is 10.2. The monoisotopic (exact) mass is 394 g/mol. The number of nitriles is 1. The first kappa shape index (κ1) is 18.5. The van der Waals surface area contributed by atoms with Gasteiger partial charge in [0.25, 0.3) is 0 Å². The third-order valence-corrected chi connectivity index (χ3v) is 3.68. The molecule has 1 N–H and O–H groups in total. The highest BCUT2D eigenvalue weighted by Gasteiger charge is 2.32. The summed E-state index contributed by atoms with van der Waals surface area (Å²) in [6, 6.07) is 3.42. The van der Waals surface area contributed by atoms with Crippen molar-refractivity contribution in [1.82, 2.24) is 9.78 Å². The minimum atomic E-state index is -4.58. The van der Waals surface area contributed by atoms with Crippen LogP contribution in [0.15, 0.2) is 29.9 Å². The normalized spacial score (nSPS) is 11.7. The van der Waals surface area contributed by atoms with Crippen LogP contribution in [0.3, 0.4) is 0 Å². The van der Waals surface area contributed by atoms with Crippen LogP contribution in [0.4, 0.5) is 19.0 Å². The summed E-state index contributed by atoms with van der Waals surface area (Å²) in [6.07, 6.45) is -1.77. The third kappa shape index (κ3) is 3.78. The Hall–Kier alpha value is -1.88. The Kier molecular flexibility index (Phi) is 5.65. The maximum Gasteiger partial charge on any atom is 0.416 e. The molecule has 0 fully saturated rings. The molecule has 0 saturated carbocycles. The van der Waals surface area contributed by atoms with E-state index < -0.39 is 11.7 Å². The molecule has 10 heteroatoms. The van der Waals surface area contributed by atoms with Gasteiger partial charge in [-0.1, -0.05) is 40.9 Å². The molecule has 1 heterocycles. The van der Waals surface area contributed by atoms with Crippen molar-refractivity contribution in [3.05, 3.63) is 51.1 Å². The largest absolute Gasteiger partial charge is 0.416 e. The number of alkyl halides is 3. The predicted octanol–water partition coefficient (Wildman–Crippen LogP) is 5.23. The first-order valence-electron chi connectivity index (χ1n) is 6.33. The Morgan fingerprint density at radius 2 is 1.92 bits per heavy atom. The van der Waals surface area contributed by atoms with Gasteiger partial charge in [-0.05, 0) is 12.1 Å². The topological polar surface area (TPSA) is 53.6 Å². The Balaban J connectivity index is 2.57. The van der Waals surface area contributed by atoms with Gasteiger partial charge in [-0.15, -0.1) is 0 Å². The van der Waals surface area contributed by atoms with Crippen LogP contribution in [0.5, 0.6) is 0 Å². The summed E-state index contributed by atoms with van der Waals surface area (Å²) in [5.41, 5.74) is 0.501. The molecule has 2 aromatic rings. The van der Waals surface area contributed by atoms with Crippen LogP contribution in [-0.2, 0) is 6.18 Å². The summed E-state index contributed by atoms with van der Waals surface area (Å²) < 4.78 is 39.6. The van der Waals surface area contributed by atoms with Crippen LogP contribution in [0.2, 0.25) is 10.0 Å². The molecule has 0 saturated heterocycles. The van der Waals surface area contributed by atoms with Gasteiger partial charge < -0.3 is 5.32 Å². The van der Waals surface area contributed by atoms with Crippen molar-refractivity contribution in [1.29, 1.82) is 5.26 Å². The second-order valence-corrected chi connectivity index (χ2v) is 5.53. The molecule has 0 amide bonds. The summed E-state index contributed by atoms with van der Waals surface area (Å²) in [4.78, 5) is 0. The molecule has 2 rings (SSSR count). The zero-order chi connectivity index (χ0) is 17.9. The summed E-state index contributed by atoms with van der Waals surface area (Å²) in [7, 11) is 0. The number of benzene rings is 1. The smallest absolute Gasteiger partial charge is 0.365 e. The van der Waals surface area contributed by atoms with Crippen LogP contribution in [0, 0.1) is 11.3 Å². The maximum atomic E-state index is 12.8. The van der Waals surface area contributed by atoms with E-state index in [9.17, 15) is 13.2 Å². The molecule has 4 nitrogen and oxygen atoms in total. The first-order valence-corrected chi connectivity index (χ1v) is 7.52. The molecular formula is C14H8Cl3F3N4. The van der Waals surface area contributed by atoms with Gasteiger partial charge in [-0.3, -0.25) is 0 Å². The zero-order valence-corrected chi connectivity index (χ0v) is 14.0. The Morgan fingerprint density at radius 1 is 1.29 bits per heavy atom. The molecule has 0 spiro atoms. The molecule has 0 atom stereocenters. The second-order valence-electron chi connectivity index (χ2n) is 4.46. The number of hydrogen-bond donors (Lipinski definition) is 1. The van der Waals surface area contributed by atoms with Crippen LogP contribution in [-0.4, -0.2) is 16.3 Å². The third-order valence-electron chi connectivity index (χ3n) is 2.92. The van der Waals surface area contributed by atoms with Gasteiger partial charge in [0.2, 0.25) is 0 Å². The van der Waals surface area contributed by atoms with E-state index in [0.29, 0.717) is 0 Å². The molecule has 0 bridgehead atoms. The van der Waals surface area contributed by atoms with E-state index in [-0.39, 0.29) is 33.7 Å². The van der Waals surface area contributed by atoms with E-state index in [1.54, 1.807) is 6.08 Å². The molecule has 0 unspecified atom stereocenters. The molecule has 0 aliphatic heterocycles. The number of aromatic nitrogens is 2. The number of rotatable bonds is 4. The fraction of sp³-hybridized carbons (Fsp3) is 0.143. The van der Waals surface area contributed by atoms with Gasteiger partial charge in [-0.2, -0.15) is 23.5 Å². The Morgan fingerprint density at radius 3 is 2.42 bits per heavy atom. The van der Waals surface area contributed by atoms with Crippen LogP contribution in [0.1, 0.15) is 11.1 Å². The minimum Gasteiger partial charge on any atom is -0.365 e. The van der Waals surface area contributed by atoms with Gasteiger partial charge in [0, 0.05) is 12.1 Å². The van der Waals surface area contributed by atoms with Crippen molar-refractivity contribution in [2.24, 2.45) is 0 Å². The van der Waals surface area contributed by atoms with Gasteiger partial charge >= 0.3 is 6.18 Å². The molecule has 24 heavy (non-hydrogen) atoms. The average molecular weight is 396 g/mol. The molecule has 0 aliphatic carbocycles. The van der Waals surface area contributed by atoms with Gasteiger partial charge in [0.1, 0.15) is 23.1 Å². The first-order chi connectivity index (χ1) is 11.3. The standard InChI is InChI=1S/C14H8Cl3F3N4/c15-2-1-3-22-13-8(6-21)7-23-24(13)12-10(16)4-9(5-11(12)17)14(18,19)20/h1-2,4-5,7,22H,3H2/b2-1+. The number of hydrogen-bond acceptors (Lipinski definition) is 3.